The highest BCUT2D eigenvalue weighted by atomic mass is 31.2. The second-order valence-corrected chi connectivity index (χ2v) is 9.90. The topological polar surface area (TPSA) is 86.2 Å². The monoisotopic (exact) mass is 513 g/mol. The summed E-state index contributed by atoms with van der Waals surface area (Å²) in [6.45, 7) is 4.82. The molecule has 0 bridgehead atoms. The number of unbranched alkanes of at least 4 members (excludes halogenated alkanes) is 10. The molecule has 35 heavy (non-hydrogen) atoms. The van der Waals surface area contributed by atoms with E-state index in [4.69, 9.17) is 18.5 Å². The van der Waals surface area contributed by atoms with Crippen LogP contribution in [0.2, 0.25) is 0 Å². The van der Waals surface area contributed by atoms with Gasteiger partial charge in [-0.2, -0.15) is 0 Å². The third kappa shape index (κ3) is 18.7. The number of rotatable bonds is 25. The van der Waals surface area contributed by atoms with E-state index >= 15 is 0 Å². The Labute approximate surface area is 214 Å². The van der Waals surface area contributed by atoms with Crippen molar-refractivity contribution in [2.24, 2.45) is 0 Å². The zero-order valence-electron chi connectivity index (χ0n) is 21.9. The maximum absolute atomic E-state index is 10.9. The van der Waals surface area contributed by atoms with Gasteiger partial charge < -0.3 is 28.7 Å². The van der Waals surface area contributed by atoms with Crippen LogP contribution in [0.5, 0.6) is 5.75 Å². The number of carbonyl (C=O) groups is 1. The first kappa shape index (κ1) is 31.8. The van der Waals surface area contributed by atoms with Crippen LogP contribution in [0.15, 0.2) is 24.3 Å². The lowest BCUT2D eigenvalue weighted by atomic mass is 10.1. The molecule has 202 valence electrons. The van der Waals surface area contributed by atoms with Crippen LogP contribution in [-0.2, 0) is 25.0 Å². The highest BCUT2D eigenvalue weighted by molar-refractivity contribution is 7.40. The third-order valence-corrected chi connectivity index (χ3v) is 6.57. The molecule has 1 aromatic carbocycles. The molecule has 0 aliphatic heterocycles. The summed E-state index contributed by atoms with van der Waals surface area (Å²) in [4.78, 5) is 20.7. The molecule has 2 unspecified atom stereocenters. The molecule has 8 heteroatoms. The fraction of sp³-hybridized carbons (Fsp3) is 0.741. The van der Waals surface area contributed by atoms with Gasteiger partial charge in [0.15, 0.2) is 0 Å². The Kier molecular flexibility index (Phi) is 21.1. The Morgan fingerprint density at radius 1 is 0.886 bits per heavy atom. The number of hydrogen-bond donors (Lipinski definition) is 2. The summed E-state index contributed by atoms with van der Waals surface area (Å²) < 4.78 is 21.6. The van der Waals surface area contributed by atoms with Crippen molar-refractivity contribution in [1.82, 2.24) is 5.32 Å². The van der Waals surface area contributed by atoms with E-state index in [2.05, 4.69) is 12.2 Å². The molecular weight excluding hydrogens is 465 g/mol. The number of ether oxygens (including phenoxy) is 2. The van der Waals surface area contributed by atoms with Crippen molar-refractivity contribution in [1.29, 1.82) is 0 Å². The Balaban J connectivity index is 2.17. The van der Waals surface area contributed by atoms with Crippen LogP contribution >= 0.6 is 8.60 Å². The zero-order chi connectivity index (χ0) is 25.4. The van der Waals surface area contributed by atoms with E-state index in [1.54, 1.807) is 0 Å². The van der Waals surface area contributed by atoms with E-state index in [1.807, 2.05) is 31.3 Å². The minimum atomic E-state index is -1.98. The molecule has 1 aromatic rings. The van der Waals surface area contributed by atoms with Gasteiger partial charge in [0, 0.05) is 6.42 Å². The predicted molar refractivity (Wildman–Crippen MR) is 143 cm³/mol. The molecule has 0 aliphatic carbocycles. The fourth-order valence-corrected chi connectivity index (χ4v) is 4.37. The van der Waals surface area contributed by atoms with Gasteiger partial charge in [-0.05, 0) is 50.6 Å². The van der Waals surface area contributed by atoms with Crippen LogP contribution in [0.3, 0.4) is 0 Å². The lowest BCUT2D eigenvalue weighted by molar-refractivity contribution is -0.135. The van der Waals surface area contributed by atoms with Crippen LogP contribution < -0.4 is 10.1 Å². The van der Waals surface area contributed by atoms with Crippen LogP contribution in [0.1, 0.15) is 89.5 Å². The fourth-order valence-electron chi connectivity index (χ4n) is 3.72. The van der Waals surface area contributed by atoms with Gasteiger partial charge in [-0.25, -0.2) is 0 Å². The predicted octanol–water partition coefficient (Wildman–Crippen LogP) is 6.32. The molecule has 2 atom stereocenters. The van der Waals surface area contributed by atoms with Gasteiger partial charge in [0.2, 0.25) is 0 Å². The number of hydrogen-bond acceptors (Lipinski definition) is 7. The third-order valence-electron chi connectivity index (χ3n) is 5.80. The van der Waals surface area contributed by atoms with Gasteiger partial charge in [0.25, 0.3) is 6.47 Å². The minimum absolute atomic E-state index is 0.0778. The molecule has 0 aliphatic rings. The average Bonchev–Trinajstić information content (AvgIpc) is 2.87. The Morgan fingerprint density at radius 2 is 1.51 bits per heavy atom. The molecule has 0 aromatic heterocycles. The molecule has 0 spiro atoms. The largest absolute Gasteiger partial charge is 0.494 e. The maximum atomic E-state index is 10.9. The summed E-state index contributed by atoms with van der Waals surface area (Å²) in [6.07, 6.45) is 14.9. The second-order valence-electron chi connectivity index (χ2n) is 8.91. The lowest BCUT2D eigenvalue weighted by Gasteiger charge is -2.17. The molecule has 0 saturated carbocycles. The Hall–Kier alpha value is -1.24. The van der Waals surface area contributed by atoms with Gasteiger partial charge in [-0.3, -0.25) is 4.79 Å². The van der Waals surface area contributed by atoms with E-state index in [0.29, 0.717) is 19.5 Å². The van der Waals surface area contributed by atoms with E-state index < -0.39 is 14.7 Å². The maximum Gasteiger partial charge on any atom is 0.329 e. The van der Waals surface area contributed by atoms with Crippen molar-refractivity contribution in [3.05, 3.63) is 29.8 Å². The summed E-state index contributed by atoms with van der Waals surface area (Å²) in [5, 5.41) is 3.06. The number of benzene rings is 1. The van der Waals surface area contributed by atoms with Crippen molar-refractivity contribution in [3.8, 4) is 5.75 Å². The van der Waals surface area contributed by atoms with Gasteiger partial charge in [-0.15, -0.1) is 0 Å². The Morgan fingerprint density at radius 3 is 2.14 bits per heavy atom. The van der Waals surface area contributed by atoms with Crippen molar-refractivity contribution in [2.75, 3.05) is 33.4 Å². The number of nitrogens with one attached hydrogen (secondary N) is 1. The van der Waals surface area contributed by atoms with Crippen LogP contribution in [0.4, 0.5) is 0 Å². The molecule has 0 heterocycles. The Bertz CT molecular complexity index is 604. The first-order chi connectivity index (χ1) is 17.2. The lowest BCUT2D eigenvalue weighted by Crippen LogP contribution is -2.21. The van der Waals surface area contributed by atoms with Gasteiger partial charge in [-0.1, -0.05) is 76.8 Å². The van der Waals surface area contributed by atoms with E-state index in [-0.39, 0.29) is 6.61 Å². The normalized spacial score (nSPS) is 12.9. The van der Waals surface area contributed by atoms with Gasteiger partial charge >= 0.3 is 8.60 Å². The minimum Gasteiger partial charge on any atom is -0.494 e. The SMILES string of the molecule is CCCCCCCCCCCCOc1ccc(CC(COP(O)OCCCCNC)OC=O)cc1. The highest BCUT2D eigenvalue weighted by Gasteiger charge is 2.15. The average molecular weight is 514 g/mol. The quantitative estimate of drug-likeness (QED) is 0.0898. The molecular formula is C27H48NO6P. The van der Waals surface area contributed by atoms with Gasteiger partial charge in [0.05, 0.1) is 19.8 Å². The number of carbonyl (C=O) groups excluding carboxylic acids is 1. The molecule has 0 radical (unpaired) electrons. The summed E-state index contributed by atoms with van der Waals surface area (Å²) in [5.41, 5.74) is 1.00. The van der Waals surface area contributed by atoms with Crippen molar-refractivity contribution < 1.29 is 28.2 Å². The summed E-state index contributed by atoms with van der Waals surface area (Å²) in [7, 11) is -0.0796. The molecule has 1 rings (SSSR count). The van der Waals surface area contributed by atoms with E-state index in [0.717, 1.165) is 43.7 Å². The zero-order valence-corrected chi connectivity index (χ0v) is 22.8. The van der Waals surface area contributed by atoms with Crippen molar-refractivity contribution in [2.45, 2.75) is 96.5 Å². The first-order valence-electron chi connectivity index (χ1n) is 13.4. The molecule has 0 saturated heterocycles. The first-order valence-corrected chi connectivity index (χ1v) is 14.5. The van der Waals surface area contributed by atoms with Crippen molar-refractivity contribution in [3.63, 3.8) is 0 Å². The molecule has 0 fully saturated rings. The molecule has 2 N–H and O–H groups in total. The highest BCUT2D eigenvalue weighted by Crippen LogP contribution is 2.33. The summed E-state index contributed by atoms with van der Waals surface area (Å²) in [5.74, 6) is 0.847. The molecule has 7 nitrogen and oxygen atoms in total. The van der Waals surface area contributed by atoms with Crippen molar-refractivity contribution >= 4 is 15.1 Å². The van der Waals surface area contributed by atoms with Gasteiger partial charge in [0.1, 0.15) is 11.9 Å². The molecule has 0 amide bonds. The van der Waals surface area contributed by atoms with Crippen LogP contribution in [0.25, 0.3) is 0 Å². The summed E-state index contributed by atoms with van der Waals surface area (Å²) in [6, 6.07) is 7.82. The van der Waals surface area contributed by atoms with E-state index in [9.17, 15) is 9.69 Å². The van der Waals surface area contributed by atoms with Crippen LogP contribution in [0, 0.1) is 0 Å². The second kappa shape index (κ2) is 23.2. The van der Waals surface area contributed by atoms with E-state index in [1.165, 1.54) is 57.8 Å². The smallest absolute Gasteiger partial charge is 0.329 e. The summed E-state index contributed by atoms with van der Waals surface area (Å²) >= 11 is 0. The standard InChI is InChI=1S/C27H48NO6P/c1-3-4-5-6-7-8-9-10-11-13-20-31-26-17-15-25(16-18-26)22-27(32-24-29)23-34-35(30)33-21-14-12-19-28-2/h15-18,24,27-28,30H,3-14,19-23H2,1-2H3. The van der Waals surface area contributed by atoms with Crippen LogP contribution in [-0.4, -0.2) is 50.9 Å².